The summed E-state index contributed by atoms with van der Waals surface area (Å²) in [5, 5.41) is 2.79. The van der Waals surface area contributed by atoms with Crippen LogP contribution in [0.4, 0.5) is 5.69 Å². The van der Waals surface area contributed by atoms with Crippen molar-refractivity contribution in [3.63, 3.8) is 0 Å². The summed E-state index contributed by atoms with van der Waals surface area (Å²) in [6, 6.07) is 8.48. The van der Waals surface area contributed by atoms with Crippen molar-refractivity contribution >= 4 is 17.6 Å². The van der Waals surface area contributed by atoms with Crippen LogP contribution in [-0.2, 0) is 4.74 Å². The van der Waals surface area contributed by atoms with Crippen LogP contribution >= 0.6 is 0 Å². The van der Waals surface area contributed by atoms with E-state index in [4.69, 9.17) is 4.74 Å². The Morgan fingerprint density at radius 3 is 2.70 bits per heavy atom. The van der Waals surface area contributed by atoms with Crippen LogP contribution in [0.5, 0.6) is 0 Å². The summed E-state index contributed by atoms with van der Waals surface area (Å²) in [6.07, 6.45) is 1.69. The van der Waals surface area contributed by atoms with Crippen LogP contribution in [0, 0.1) is 6.92 Å². The maximum absolute atomic E-state index is 11.9. The van der Waals surface area contributed by atoms with Gasteiger partial charge in [-0.1, -0.05) is 0 Å². The average Bonchev–Trinajstić information content (AvgIpc) is 2.95. The molecule has 0 atom stereocenters. The van der Waals surface area contributed by atoms with Gasteiger partial charge in [0.15, 0.2) is 0 Å². The molecule has 104 valence electrons. The third kappa shape index (κ3) is 3.06. The van der Waals surface area contributed by atoms with E-state index in [9.17, 15) is 9.59 Å². The molecule has 5 nitrogen and oxygen atoms in total. The highest BCUT2D eigenvalue weighted by molar-refractivity contribution is 6.03. The maximum atomic E-state index is 11.9. The maximum Gasteiger partial charge on any atom is 0.338 e. The van der Waals surface area contributed by atoms with Crippen LogP contribution < -0.4 is 5.32 Å². The fourth-order valence-electron chi connectivity index (χ4n) is 1.81. The van der Waals surface area contributed by atoms with Gasteiger partial charge in [0.05, 0.1) is 12.2 Å². The first-order valence-corrected chi connectivity index (χ1v) is 6.34. The van der Waals surface area contributed by atoms with Crippen molar-refractivity contribution in [2.24, 2.45) is 0 Å². The van der Waals surface area contributed by atoms with E-state index in [1.165, 1.54) is 0 Å². The molecule has 0 saturated carbocycles. The van der Waals surface area contributed by atoms with Crippen molar-refractivity contribution in [3.05, 3.63) is 53.3 Å². The van der Waals surface area contributed by atoms with E-state index in [0.717, 1.165) is 5.56 Å². The molecule has 0 fully saturated rings. The summed E-state index contributed by atoms with van der Waals surface area (Å²) >= 11 is 0. The van der Waals surface area contributed by atoms with Gasteiger partial charge >= 0.3 is 5.97 Å². The number of ether oxygens (including phenoxy) is 1. The van der Waals surface area contributed by atoms with E-state index in [1.807, 2.05) is 6.92 Å². The molecule has 5 heteroatoms. The Bertz CT molecular complexity index is 618. The van der Waals surface area contributed by atoms with Gasteiger partial charge in [-0.15, -0.1) is 0 Å². The molecule has 0 unspecified atom stereocenters. The highest BCUT2D eigenvalue weighted by Gasteiger charge is 2.11. The van der Waals surface area contributed by atoms with Crippen LogP contribution in [0.25, 0.3) is 0 Å². The lowest BCUT2D eigenvalue weighted by molar-refractivity contribution is 0.0526. The van der Waals surface area contributed by atoms with Gasteiger partial charge in [-0.05, 0) is 49.7 Å². The van der Waals surface area contributed by atoms with E-state index in [1.54, 1.807) is 43.5 Å². The van der Waals surface area contributed by atoms with E-state index in [0.29, 0.717) is 23.6 Å². The Hall–Kier alpha value is -2.56. The van der Waals surface area contributed by atoms with Crippen molar-refractivity contribution in [1.29, 1.82) is 0 Å². The number of nitrogens with one attached hydrogen (secondary N) is 2. The number of aromatic nitrogens is 1. The number of esters is 1. The fraction of sp³-hybridized carbons (Fsp3) is 0.200. The molecule has 2 N–H and O–H groups in total. The molecular formula is C15H16N2O3. The molecule has 0 aliphatic heterocycles. The number of H-pyrrole nitrogens is 1. The van der Waals surface area contributed by atoms with Crippen molar-refractivity contribution in [2.75, 3.05) is 11.9 Å². The normalized spacial score (nSPS) is 10.1. The third-order valence-corrected chi connectivity index (χ3v) is 2.83. The molecule has 0 spiro atoms. The van der Waals surface area contributed by atoms with Gasteiger partial charge < -0.3 is 15.0 Å². The van der Waals surface area contributed by atoms with Crippen LogP contribution in [0.1, 0.15) is 33.3 Å². The molecule has 1 heterocycles. The van der Waals surface area contributed by atoms with Crippen molar-refractivity contribution in [1.82, 2.24) is 4.98 Å². The second-order valence-electron chi connectivity index (χ2n) is 4.29. The topological polar surface area (TPSA) is 71.2 Å². The lowest BCUT2D eigenvalue weighted by Crippen LogP contribution is -2.13. The molecule has 20 heavy (non-hydrogen) atoms. The van der Waals surface area contributed by atoms with Crippen molar-refractivity contribution in [3.8, 4) is 0 Å². The zero-order valence-electron chi connectivity index (χ0n) is 11.4. The Balaban J connectivity index is 2.14. The lowest BCUT2D eigenvalue weighted by Gasteiger charge is -2.09. The monoisotopic (exact) mass is 272 g/mol. The zero-order valence-corrected chi connectivity index (χ0v) is 11.4. The summed E-state index contributed by atoms with van der Waals surface area (Å²) < 4.78 is 4.93. The van der Waals surface area contributed by atoms with Gasteiger partial charge in [0.2, 0.25) is 0 Å². The minimum absolute atomic E-state index is 0.220. The SMILES string of the molecule is CCOC(=O)c1ccc(NC(=O)c2ccc[nH]2)c(C)c1. The zero-order chi connectivity index (χ0) is 14.5. The second-order valence-corrected chi connectivity index (χ2v) is 4.29. The number of aryl methyl sites for hydroxylation is 1. The summed E-state index contributed by atoms with van der Waals surface area (Å²) in [7, 11) is 0. The standard InChI is InChI=1S/C15H16N2O3/c1-3-20-15(19)11-6-7-12(10(2)9-11)17-14(18)13-5-4-8-16-13/h4-9,16H,3H2,1-2H3,(H,17,18). The molecule has 1 aromatic heterocycles. The molecule has 2 rings (SSSR count). The van der Waals surface area contributed by atoms with Gasteiger partial charge in [-0.25, -0.2) is 4.79 Å². The molecule has 0 aliphatic rings. The second kappa shape index (κ2) is 6.06. The summed E-state index contributed by atoms with van der Waals surface area (Å²) in [4.78, 5) is 26.4. The quantitative estimate of drug-likeness (QED) is 0.841. The number of carbonyl (C=O) groups excluding carboxylic acids is 2. The minimum atomic E-state index is -0.363. The first-order valence-electron chi connectivity index (χ1n) is 6.34. The Morgan fingerprint density at radius 2 is 2.10 bits per heavy atom. The molecule has 0 aliphatic carbocycles. The van der Waals surface area contributed by atoms with Gasteiger partial charge in [-0.2, -0.15) is 0 Å². The molecule has 1 aromatic carbocycles. The Kier molecular flexibility index (Phi) is 4.20. The molecule has 0 saturated heterocycles. The first-order chi connectivity index (χ1) is 9.61. The van der Waals surface area contributed by atoms with Crippen LogP contribution in [-0.4, -0.2) is 23.5 Å². The van der Waals surface area contributed by atoms with Gasteiger partial charge in [-0.3, -0.25) is 4.79 Å². The smallest absolute Gasteiger partial charge is 0.338 e. The largest absolute Gasteiger partial charge is 0.462 e. The molecular weight excluding hydrogens is 256 g/mol. The highest BCUT2D eigenvalue weighted by atomic mass is 16.5. The number of aromatic amines is 1. The predicted molar refractivity (Wildman–Crippen MR) is 75.9 cm³/mol. The highest BCUT2D eigenvalue weighted by Crippen LogP contribution is 2.18. The van der Waals surface area contributed by atoms with Crippen molar-refractivity contribution in [2.45, 2.75) is 13.8 Å². The number of carbonyl (C=O) groups is 2. The van der Waals surface area contributed by atoms with Crippen LogP contribution in [0.15, 0.2) is 36.5 Å². The predicted octanol–water partition coefficient (Wildman–Crippen LogP) is 2.75. The van der Waals surface area contributed by atoms with Gasteiger partial charge in [0.25, 0.3) is 5.91 Å². The van der Waals surface area contributed by atoms with E-state index >= 15 is 0 Å². The Labute approximate surface area is 117 Å². The summed E-state index contributed by atoms with van der Waals surface area (Å²) in [5.41, 5.74) is 2.43. The number of hydrogen-bond donors (Lipinski definition) is 2. The fourth-order valence-corrected chi connectivity index (χ4v) is 1.81. The number of anilines is 1. The van der Waals surface area contributed by atoms with E-state index in [-0.39, 0.29) is 11.9 Å². The number of rotatable bonds is 4. The average molecular weight is 272 g/mol. The van der Waals surface area contributed by atoms with E-state index in [2.05, 4.69) is 10.3 Å². The van der Waals surface area contributed by atoms with Crippen LogP contribution in [0.3, 0.4) is 0 Å². The van der Waals surface area contributed by atoms with Gasteiger partial charge in [0, 0.05) is 11.9 Å². The molecule has 2 aromatic rings. The van der Waals surface area contributed by atoms with Crippen molar-refractivity contribution < 1.29 is 14.3 Å². The molecule has 1 amide bonds. The minimum Gasteiger partial charge on any atom is -0.462 e. The van der Waals surface area contributed by atoms with E-state index < -0.39 is 0 Å². The summed E-state index contributed by atoms with van der Waals surface area (Å²) in [6.45, 7) is 3.92. The number of amides is 1. The molecule has 0 bridgehead atoms. The van der Waals surface area contributed by atoms with Crippen LogP contribution in [0.2, 0.25) is 0 Å². The third-order valence-electron chi connectivity index (χ3n) is 2.83. The molecule has 0 radical (unpaired) electrons. The number of hydrogen-bond acceptors (Lipinski definition) is 3. The van der Waals surface area contributed by atoms with Gasteiger partial charge in [0.1, 0.15) is 5.69 Å². The number of benzene rings is 1. The summed E-state index contributed by atoms with van der Waals surface area (Å²) in [5.74, 6) is -0.583. The lowest BCUT2D eigenvalue weighted by atomic mass is 10.1. The first kappa shape index (κ1) is 13.9. The Morgan fingerprint density at radius 1 is 1.30 bits per heavy atom.